The Labute approximate surface area is 103 Å². The van der Waals surface area contributed by atoms with Gasteiger partial charge < -0.3 is 9.25 Å². The van der Waals surface area contributed by atoms with Crippen LogP contribution >= 0.6 is 0 Å². The summed E-state index contributed by atoms with van der Waals surface area (Å²) in [5.41, 5.74) is 4.01. The van der Waals surface area contributed by atoms with E-state index in [9.17, 15) is 4.79 Å². The van der Waals surface area contributed by atoms with Crippen molar-refractivity contribution in [1.29, 1.82) is 0 Å². The summed E-state index contributed by atoms with van der Waals surface area (Å²) < 4.78 is 5.54. The van der Waals surface area contributed by atoms with Gasteiger partial charge in [0.15, 0.2) is 0 Å². The zero-order valence-electron chi connectivity index (χ0n) is 9.77. The van der Waals surface area contributed by atoms with Crippen LogP contribution < -0.4 is 5.48 Å². The van der Waals surface area contributed by atoms with Gasteiger partial charge in [-0.1, -0.05) is 30.3 Å². The smallest absolute Gasteiger partial charge is 0.329 e. The normalized spacial score (nSPS) is 10.7. The van der Waals surface area contributed by atoms with E-state index in [2.05, 4.69) is 5.48 Å². The molecule has 0 aliphatic rings. The van der Waals surface area contributed by atoms with Gasteiger partial charge >= 0.3 is 5.97 Å². The van der Waals surface area contributed by atoms with Crippen LogP contribution in [0.3, 0.4) is 0 Å². The van der Waals surface area contributed by atoms with E-state index in [0.29, 0.717) is 5.69 Å². The van der Waals surface area contributed by atoms with E-state index >= 15 is 0 Å². The van der Waals surface area contributed by atoms with Crippen molar-refractivity contribution in [2.75, 3.05) is 5.48 Å². The van der Waals surface area contributed by atoms with Gasteiger partial charge in [0.2, 0.25) is 0 Å². The minimum absolute atomic E-state index is 0.398. The van der Waals surface area contributed by atoms with E-state index in [1.54, 1.807) is 6.26 Å². The molecular weight excluding hydrogens is 230 g/mol. The van der Waals surface area contributed by atoms with Gasteiger partial charge in [-0.3, -0.25) is 4.79 Å². The largest absolute Gasteiger partial charge is 0.461 e. The van der Waals surface area contributed by atoms with Gasteiger partial charge in [0, 0.05) is 17.7 Å². The Morgan fingerprint density at radius 1 is 1.17 bits per heavy atom. The number of furan rings is 1. The van der Waals surface area contributed by atoms with Crippen molar-refractivity contribution < 1.29 is 14.0 Å². The Morgan fingerprint density at radius 2 is 2.00 bits per heavy atom. The Balaban J connectivity index is 2.14. The molecule has 0 saturated heterocycles. The first-order valence-electron chi connectivity index (χ1n) is 5.58. The lowest BCUT2D eigenvalue weighted by Crippen LogP contribution is -2.05. The van der Waals surface area contributed by atoms with Crippen molar-refractivity contribution in [3.63, 3.8) is 0 Å². The van der Waals surface area contributed by atoms with Crippen LogP contribution in [0.4, 0.5) is 5.69 Å². The highest BCUT2D eigenvalue weighted by atomic mass is 16.7. The minimum Gasteiger partial charge on any atom is -0.461 e. The molecule has 1 heterocycles. The molecule has 0 aliphatic carbocycles. The topological polar surface area (TPSA) is 51.5 Å². The number of benzene rings is 2. The number of hydrogen-bond acceptors (Lipinski definition) is 4. The Morgan fingerprint density at radius 3 is 2.83 bits per heavy atom. The van der Waals surface area contributed by atoms with Crippen LogP contribution in [-0.4, -0.2) is 5.97 Å². The lowest BCUT2D eigenvalue weighted by molar-refractivity contribution is -0.138. The third-order valence-corrected chi connectivity index (χ3v) is 2.77. The van der Waals surface area contributed by atoms with E-state index in [1.165, 1.54) is 6.92 Å². The fourth-order valence-electron chi connectivity index (χ4n) is 1.97. The quantitative estimate of drug-likeness (QED) is 0.698. The van der Waals surface area contributed by atoms with Crippen molar-refractivity contribution in [1.82, 2.24) is 0 Å². The van der Waals surface area contributed by atoms with Gasteiger partial charge in [0.05, 0.1) is 0 Å². The van der Waals surface area contributed by atoms with Gasteiger partial charge in [-0.25, -0.2) is 5.48 Å². The van der Waals surface area contributed by atoms with Crippen LogP contribution in [0.5, 0.6) is 0 Å². The van der Waals surface area contributed by atoms with Crippen molar-refractivity contribution >= 4 is 33.4 Å². The van der Waals surface area contributed by atoms with Crippen LogP contribution in [-0.2, 0) is 9.63 Å². The predicted octanol–water partition coefficient (Wildman–Crippen LogP) is 3.48. The Hall–Kier alpha value is -2.49. The average Bonchev–Trinajstić information content (AvgIpc) is 2.80. The molecule has 0 radical (unpaired) electrons. The summed E-state index contributed by atoms with van der Waals surface area (Å²) in [6.45, 7) is 1.34. The second kappa shape index (κ2) is 4.07. The molecule has 3 aromatic rings. The highest BCUT2D eigenvalue weighted by Gasteiger charge is 2.09. The van der Waals surface area contributed by atoms with Crippen LogP contribution in [0.15, 0.2) is 47.1 Å². The van der Waals surface area contributed by atoms with Crippen molar-refractivity contribution in [2.24, 2.45) is 0 Å². The van der Waals surface area contributed by atoms with Gasteiger partial charge in [-0.05, 0) is 11.5 Å². The number of rotatable bonds is 2. The van der Waals surface area contributed by atoms with Gasteiger partial charge in [0.1, 0.15) is 17.5 Å². The monoisotopic (exact) mass is 241 g/mol. The summed E-state index contributed by atoms with van der Waals surface area (Å²) in [6.07, 6.45) is 1.54. The molecule has 90 valence electrons. The van der Waals surface area contributed by atoms with Crippen LogP contribution in [0.1, 0.15) is 6.92 Å². The first-order chi connectivity index (χ1) is 8.75. The fourth-order valence-corrected chi connectivity index (χ4v) is 1.97. The van der Waals surface area contributed by atoms with E-state index in [1.807, 2.05) is 36.4 Å². The maximum Gasteiger partial charge on any atom is 0.329 e. The molecule has 0 spiro atoms. The number of carbonyl (C=O) groups is 1. The van der Waals surface area contributed by atoms with Crippen molar-refractivity contribution in [3.05, 3.63) is 42.7 Å². The second-order valence-electron chi connectivity index (χ2n) is 4.01. The second-order valence-corrected chi connectivity index (χ2v) is 4.01. The highest BCUT2D eigenvalue weighted by molar-refractivity contribution is 6.08. The third kappa shape index (κ3) is 1.68. The predicted molar refractivity (Wildman–Crippen MR) is 69.1 cm³/mol. The van der Waals surface area contributed by atoms with Crippen molar-refractivity contribution in [2.45, 2.75) is 6.92 Å². The molecule has 2 aromatic carbocycles. The zero-order chi connectivity index (χ0) is 12.5. The molecule has 0 aliphatic heterocycles. The molecule has 18 heavy (non-hydrogen) atoms. The molecule has 4 heteroatoms. The number of carbonyl (C=O) groups excluding carboxylic acids is 1. The maximum absolute atomic E-state index is 10.8. The highest BCUT2D eigenvalue weighted by Crippen LogP contribution is 2.31. The van der Waals surface area contributed by atoms with E-state index in [-0.39, 0.29) is 0 Å². The molecule has 0 amide bonds. The first-order valence-corrected chi connectivity index (χ1v) is 5.58. The molecule has 1 aromatic heterocycles. The summed E-state index contributed by atoms with van der Waals surface area (Å²) in [6, 6.07) is 11.9. The summed E-state index contributed by atoms with van der Waals surface area (Å²) in [5.74, 6) is -0.398. The summed E-state index contributed by atoms with van der Waals surface area (Å²) in [5, 5.41) is 3.03. The molecule has 0 unspecified atom stereocenters. The zero-order valence-corrected chi connectivity index (χ0v) is 9.77. The number of anilines is 1. The standard InChI is InChI=1S/C14H11NO3/c1-9(16)18-15-13-8-17-14-11-5-3-2-4-10(11)6-7-12(13)14/h2-8,15H,1H3. The lowest BCUT2D eigenvalue weighted by Gasteiger charge is -2.02. The number of nitrogens with one attached hydrogen (secondary N) is 1. The molecule has 0 atom stereocenters. The first kappa shape index (κ1) is 10.7. The number of hydrogen-bond donors (Lipinski definition) is 1. The minimum atomic E-state index is -0.398. The Kier molecular flexibility index (Phi) is 2.41. The van der Waals surface area contributed by atoms with E-state index < -0.39 is 5.97 Å². The van der Waals surface area contributed by atoms with Gasteiger partial charge in [-0.15, -0.1) is 0 Å². The molecule has 0 fully saturated rings. The van der Waals surface area contributed by atoms with Crippen LogP contribution in [0, 0.1) is 0 Å². The third-order valence-electron chi connectivity index (χ3n) is 2.77. The molecule has 3 rings (SSSR count). The summed E-state index contributed by atoms with van der Waals surface area (Å²) >= 11 is 0. The average molecular weight is 241 g/mol. The fraction of sp³-hybridized carbons (Fsp3) is 0.0714. The summed E-state index contributed by atoms with van der Waals surface area (Å²) in [4.78, 5) is 15.5. The van der Waals surface area contributed by atoms with Crippen LogP contribution in [0.2, 0.25) is 0 Å². The maximum atomic E-state index is 10.8. The lowest BCUT2D eigenvalue weighted by atomic mass is 10.1. The summed E-state index contributed by atoms with van der Waals surface area (Å²) in [7, 11) is 0. The molecule has 0 bridgehead atoms. The molecular formula is C14H11NO3. The SMILES string of the molecule is CC(=O)ONc1coc2c1ccc1ccccc12. The molecule has 4 nitrogen and oxygen atoms in total. The van der Waals surface area contributed by atoms with Gasteiger partial charge in [-0.2, -0.15) is 0 Å². The van der Waals surface area contributed by atoms with Gasteiger partial charge in [0.25, 0.3) is 0 Å². The molecule has 1 N–H and O–H groups in total. The number of fused-ring (bicyclic) bond motifs is 3. The van der Waals surface area contributed by atoms with E-state index in [4.69, 9.17) is 9.25 Å². The molecule has 0 saturated carbocycles. The van der Waals surface area contributed by atoms with E-state index in [0.717, 1.165) is 21.7 Å². The Bertz CT molecular complexity index is 730. The van der Waals surface area contributed by atoms with Crippen molar-refractivity contribution in [3.8, 4) is 0 Å². The van der Waals surface area contributed by atoms with Crippen LogP contribution in [0.25, 0.3) is 21.7 Å².